The van der Waals surface area contributed by atoms with E-state index in [2.05, 4.69) is 0 Å². The van der Waals surface area contributed by atoms with Crippen molar-refractivity contribution in [2.45, 2.75) is 25.9 Å². The number of para-hydroxylation sites is 2. The second-order valence-electron chi connectivity index (χ2n) is 4.99. The van der Waals surface area contributed by atoms with Gasteiger partial charge in [-0.3, -0.25) is 4.79 Å². The molecule has 1 N–H and O–H groups in total. The fourth-order valence-corrected chi connectivity index (χ4v) is 2.26. The molecule has 1 aliphatic rings. The Morgan fingerprint density at radius 2 is 2.11 bits per heavy atom. The van der Waals surface area contributed by atoms with Crippen LogP contribution in [0.4, 0.5) is 5.69 Å². The average Bonchev–Trinajstić information content (AvgIpc) is 2.36. The fraction of sp³-hybridized carbons (Fsp3) is 0.500. The number of hydrogen-bond acceptors (Lipinski definition) is 3. The summed E-state index contributed by atoms with van der Waals surface area (Å²) in [7, 11) is 1.59. The molecule has 0 spiro atoms. The molecule has 4 nitrogen and oxygen atoms in total. The first kappa shape index (κ1) is 12.9. The van der Waals surface area contributed by atoms with Crippen molar-refractivity contribution in [1.29, 1.82) is 0 Å². The molecule has 1 saturated heterocycles. The van der Waals surface area contributed by atoms with Crippen LogP contribution in [0.3, 0.4) is 0 Å². The molecule has 2 atom stereocenters. The van der Waals surface area contributed by atoms with Crippen molar-refractivity contribution in [3.05, 3.63) is 24.3 Å². The summed E-state index contributed by atoms with van der Waals surface area (Å²) in [5, 5.41) is 10.1. The highest BCUT2D eigenvalue weighted by atomic mass is 16.5. The van der Waals surface area contributed by atoms with Gasteiger partial charge in [-0.15, -0.1) is 0 Å². The van der Waals surface area contributed by atoms with E-state index in [1.807, 2.05) is 24.3 Å². The van der Waals surface area contributed by atoms with Crippen molar-refractivity contribution in [1.82, 2.24) is 0 Å². The molecular formula is C14H19NO3. The number of benzene rings is 1. The molecule has 2 rings (SSSR count). The van der Waals surface area contributed by atoms with Crippen LogP contribution in [0.2, 0.25) is 0 Å². The zero-order valence-electron chi connectivity index (χ0n) is 11.0. The number of methoxy groups -OCH3 is 1. The van der Waals surface area contributed by atoms with E-state index in [0.29, 0.717) is 18.7 Å². The number of ether oxygens (including phenoxy) is 1. The lowest BCUT2D eigenvalue weighted by molar-refractivity contribution is -0.133. The smallest absolute Gasteiger partial charge is 0.232 e. The first-order chi connectivity index (χ1) is 8.47. The van der Waals surface area contributed by atoms with Gasteiger partial charge in [0.15, 0.2) is 0 Å². The highest BCUT2D eigenvalue weighted by molar-refractivity contribution is 5.97. The summed E-state index contributed by atoms with van der Waals surface area (Å²) in [4.78, 5) is 14.0. The van der Waals surface area contributed by atoms with Crippen molar-refractivity contribution in [2.75, 3.05) is 18.6 Å². The van der Waals surface area contributed by atoms with Gasteiger partial charge in [0.25, 0.3) is 0 Å². The van der Waals surface area contributed by atoms with Crippen molar-refractivity contribution in [2.24, 2.45) is 5.92 Å². The molecule has 0 radical (unpaired) electrons. The maximum atomic E-state index is 12.3. The predicted molar refractivity (Wildman–Crippen MR) is 69.8 cm³/mol. The molecule has 1 heterocycles. The summed E-state index contributed by atoms with van der Waals surface area (Å²) in [6.07, 6.45) is 0.567. The Bertz CT molecular complexity index is 456. The molecule has 1 aromatic rings. The Kier molecular flexibility index (Phi) is 3.30. The molecule has 0 aliphatic carbocycles. The molecule has 1 amide bonds. The van der Waals surface area contributed by atoms with E-state index in [0.717, 1.165) is 5.69 Å². The molecule has 1 aromatic carbocycles. The molecule has 98 valence electrons. The molecule has 0 aromatic heterocycles. The van der Waals surface area contributed by atoms with Crippen LogP contribution in [0.25, 0.3) is 0 Å². The highest BCUT2D eigenvalue weighted by Crippen LogP contribution is 2.35. The monoisotopic (exact) mass is 249 g/mol. The molecule has 18 heavy (non-hydrogen) atoms. The van der Waals surface area contributed by atoms with Gasteiger partial charge < -0.3 is 14.7 Å². The van der Waals surface area contributed by atoms with Gasteiger partial charge in [0.1, 0.15) is 5.75 Å². The van der Waals surface area contributed by atoms with E-state index in [1.54, 1.807) is 25.9 Å². The minimum atomic E-state index is -0.921. The molecule has 0 bridgehead atoms. The average molecular weight is 249 g/mol. The zero-order chi connectivity index (χ0) is 13.3. The third-order valence-corrected chi connectivity index (χ3v) is 3.79. The van der Waals surface area contributed by atoms with Gasteiger partial charge in [-0.05, 0) is 25.5 Å². The van der Waals surface area contributed by atoms with Gasteiger partial charge in [-0.25, -0.2) is 0 Å². The van der Waals surface area contributed by atoms with Gasteiger partial charge in [-0.2, -0.15) is 0 Å². The Labute approximate surface area is 107 Å². The van der Waals surface area contributed by atoms with E-state index in [-0.39, 0.29) is 5.91 Å². The van der Waals surface area contributed by atoms with Crippen LogP contribution in [0, 0.1) is 5.92 Å². The third-order valence-electron chi connectivity index (χ3n) is 3.79. The van der Waals surface area contributed by atoms with Crippen molar-refractivity contribution >= 4 is 11.6 Å². The van der Waals surface area contributed by atoms with E-state index < -0.39 is 11.5 Å². The minimum absolute atomic E-state index is 0.0595. The van der Waals surface area contributed by atoms with Crippen LogP contribution in [0.5, 0.6) is 5.75 Å². The van der Waals surface area contributed by atoms with Gasteiger partial charge in [0, 0.05) is 6.54 Å². The summed E-state index contributed by atoms with van der Waals surface area (Å²) < 4.78 is 5.28. The Balaban J connectivity index is 2.33. The van der Waals surface area contributed by atoms with Crippen LogP contribution in [-0.4, -0.2) is 30.3 Å². The molecular weight excluding hydrogens is 230 g/mol. The summed E-state index contributed by atoms with van der Waals surface area (Å²) in [5.41, 5.74) is -0.150. The number of anilines is 1. The lowest BCUT2D eigenvalue weighted by Crippen LogP contribution is -2.53. The standard InChI is InChI=1S/C14H19NO3/c1-10-13(16)15(9-8-14(10,2)17)11-6-4-5-7-12(11)18-3/h4-7,10,17H,8-9H2,1-3H3/t10-,14+/m0/s1. The second-order valence-corrected chi connectivity index (χ2v) is 4.99. The van der Waals surface area contributed by atoms with Crippen molar-refractivity contribution in [3.63, 3.8) is 0 Å². The van der Waals surface area contributed by atoms with Crippen LogP contribution in [-0.2, 0) is 4.79 Å². The van der Waals surface area contributed by atoms with Crippen LogP contribution >= 0.6 is 0 Å². The number of nitrogens with zero attached hydrogens (tertiary/aromatic N) is 1. The quantitative estimate of drug-likeness (QED) is 0.869. The van der Waals surface area contributed by atoms with E-state index in [9.17, 15) is 9.90 Å². The largest absolute Gasteiger partial charge is 0.495 e. The van der Waals surface area contributed by atoms with E-state index >= 15 is 0 Å². The number of carbonyl (C=O) groups is 1. The summed E-state index contributed by atoms with van der Waals surface area (Å²) >= 11 is 0. The number of piperidine rings is 1. The highest BCUT2D eigenvalue weighted by Gasteiger charge is 2.41. The number of aliphatic hydroxyl groups is 1. The molecule has 4 heteroatoms. The molecule has 0 saturated carbocycles. The first-order valence-corrected chi connectivity index (χ1v) is 6.14. The predicted octanol–water partition coefficient (Wildman–Crippen LogP) is 1.82. The maximum absolute atomic E-state index is 12.3. The number of hydrogen-bond donors (Lipinski definition) is 1. The van der Waals surface area contributed by atoms with Gasteiger partial charge in [0.2, 0.25) is 5.91 Å². The molecule has 1 aliphatic heterocycles. The van der Waals surface area contributed by atoms with Crippen LogP contribution in [0.15, 0.2) is 24.3 Å². The van der Waals surface area contributed by atoms with Crippen molar-refractivity contribution < 1.29 is 14.6 Å². The van der Waals surface area contributed by atoms with Crippen molar-refractivity contribution in [3.8, 4) is 5.75 Å². The Hall–Kier alpha value is -1.55. The SMILES string of the molecule is COc1ccccc1N1CC[C@@](C)(O)[C@@H](C)C1=O. The van der Waals surface area contributed by atoms with Gasteiger partial charge >= 0.3 is 0 Å². The summed E-state index contributed by atoms with van der Waals surface area (Å²) in [6, 6.07) is 7.45. The lowest BCUT2D eigenvalue weighted by atomic mass is 9.83. The first-order valence-electron chi connectivity index (χ1n) is 6.14. The number of amides is 1. The fourth-order valence-electron chi connectivity index (χ4n) is 2.26. The Morgan fingerprint density at radius 3 is 2.78 bits per heavy atom. The minimum Gasteiger partial charge on any atom is -0.495 e. The van der Waals surface area contributed by atoms with E-state index in [1.165, 1.54) is 0 Å². The summed E-state index contributed by atoms with van der Waals surface area (Å²) in [5.74, 6) is 0.214. The molecule has 0 unspecified atom stereocenters. The zero-order valence-corrected chi connectivity index (χ0v) is 11.0. The second kappa shape index (κ2) is 4.61. The topological polar surface area (TPSA) is 49.8 Å². The normalized spacial score (nSPS) is 28.3. The summed E-state index contributed by atoms with van der Waals surface area (Å²) in [6.45, 7) is 4.00. The Morgan fingerprint density at radius 1 is 1.44 bits per heavy atom. The van der Waals surface area contributed by atoms with Crippen LogP contribution in [0.1, 0.15) is 20.3 Å². The van der Waals surface area contributed by atoms with Gasteiger partial charge in [0.05, 0.1) is 24.3 Å². The maximum Gasteiger partial charge on any atom is 0.232 e. The van der Waals surface area contributed by atoms with E-state index in [4.69, 9.17) is 4.74 Å². The number of carbonyl (C=O) groups excluding carboxylic acids is 1. The van der Waals surface area contributed by atoms with Crippen LogP contribution < -0.4 is 9.64 Å². The number of rotatable bonds is 2. The van der Waals surface area contributed by atoms with Gasteiger partial charge in [-0.1, -0.05) is 19.1 Å². The lowest BCUT2D eigenvalue weighted by Gasteiger charge is -2.40. The third kappa shape index (κ3) is 2.08. The molecule has 1 fully saturated rings.